The second-order valence-corrected chi connectivity index (χ2v) is 4.96. The van der Waals surface area contributed by atoms with E-state index in [4.69, 9.17) is 0 Å². The summed E-state index contributed by atoms with van der Waals surface area (Å²) in [7, 11) is 0. The predicted octanol–water partition coefficient (Wildman–Crippen LogP) is 3.69. The molecule has 3 heteroatoms. The Morgan fingerprint density at radius 2 is 1.83 bits per heavy atom. The lowest BCUT2D eigenvalue weighted by Crippen LogP contribution is -2.43. The Morgan fingerprint density at radius 1 is 1.22 bits per heavy atom. The van der Waals surface area contributed by atoms with Gasteiger partial charge in [-0.25, -0.2) is 4.79 Å². The van der Waals surface area contributed by atoms with Gasteiger partial charge in [0.1, 0.15) is 5.54 Å². The predicted molar refractivity (Wildman–Crippen MR) is 75.0 cm³/mol. The highest BCUT2D eigenvalue weighted by Crippen LogP contribution is 2.21. The molecule has 0 heterocycles. The molecule has 0 fully saturated rings. The maximum atomic E-state index is 11.3. The molecule has 100 valence electrons. The summed E-state index contributed by atoms with van der Waals surface area (Å²) in [5.41, 5.74) is 1.27. The van der Waals surface area contributed by atoms with E-state index in [1.165, 1.54) is 5.56 Å². The van der Waals surface area contributed by atoms with Gasteiger partial charge in [-0.15, -0.1) is 0 Å². The molecule has 0 aliphatic rings. The molecule has 0 saturated heterocycles. The molecule has 0 aliphatic heterocycles. The van der Waals surface area contributed by atoms with Crippen LogP contribution in [0.25, 0.3) is 0 Å². The van der Waals surface area contributed by atoms with E-state index in [0.717, 1.165) is 24.9 Å². The van der Waals surface area contributed by atoms with Gasteiger partial charge in [0.2, 0.25) is 0 Å². The third-order valence-electron chi connectivity index (χ3n) is 3.13. The highest BCUT2D eigenvalue weighted by Gasteiger charge is 2.31. The molecule has 1 aromatic carbocycles. The Morgan fingerprint density at radius 3 is 2.28 bits per heavy atom. The van der Waals surface area contributed by atoms with Gasteiger partial charge in [-0.1, -0.05) is 38.8 Å². The maximum Gasteiger partial charge on any atom is 0.329 e. The first-order chi connectivity index (χ1) is 8.51. The van der Waals surface area contributed by atoms with Crippen LogP contribution in [0.15, 0.2) is 24.3 Å². The highest BCUT2D eigenvalue weighted by atomic mass is 16.4. The summed E-state index contributed by atoms with van der Waals surface area (Å²) in [4.78, 5) is 11.3. The van der Waals surface area contributed by atoms with Crippen molar-refractivity contribution in [1.29, 1.82) is 0 Å². The lowest BCUT2D eigenvalue weighted by Gasteiger charge is -2.27. The Hall–Kier alpha value is -1.51. The fourth-order valence-corrected chi connectivity index (χ4v) is 2.08. The summed E-state index contributed by atoms with van der Waals surface area (Å²) >= 11 is 0. The number of hydrogen-bond acceptors (Lipinski definition) is 2. The first-order valence-electron chi connectivity index (χ1n) is 6.62. The third-order valence-corrected chi connectivity index (χ3v) is 3.13. The average molecular weight is 249 g/mol. The van der Waals surface area contributed by atoms with E-state index in [-0.39, 0.29) is 0 Å². The van der Waals surface area contributed by atoms with E-state index in [2.05, 4.69) is 24.4 Å². The van der Waals surface area contributed by atoms with Crippen molar-refractivity contribution < 1.29 is 9.90 Å². The number of nitrogens with one attached hydrogen (secondary N) is 1. The number of aliphatic carboxylic acids is 1. The summed E-state index contributed by atoms with van der Waals surface area (Å²) in [5, 5.41) is 12.4. The van der Waals surface area contributed by atoms with Crippen molar-refractivity contribution in [3.8, 4) is 0 Å². The van der Waals surface area contributed by atoms with E-state index >= 15 is 0 Å². The van der Waals surface area contributed by atoms with Crippen LogP contribution in [0.5, 0.6) is 0 Å². The average Bonchev–Trinajstić information content (AvgIpc) is 2.32. The Balaban J connectivity index is 2.78. The molecular formula is C15H23NO2. The molecule has 0 aliphatic carbocycles. The second kappa shape index (κ2) is 6.43. The van der Waals surface area contributed by atoms with Crippen LogP contribution in [0.1, 0.15) is 45.6 Å². The van der Waals surface area contributed by atoms with Gasteiger partial charge in [-0.05, 0) is 37.5 Å². The minimum absolute atomic E-state index is 0.610. The van der Waals surface area contributed by atoms with Crippen LogP contribution >= 0.6 is 0 Å². The maximum absolute atomic E-state index is 11.3. The molecule has 0 spiro atoms. The van der Waals surface area contributed by atoms with Crippen LogP contribution in [0.4, 0.5) is 5.69 Å². The quantitative estimate of drug-likeness (QED) is 0.774. The Kier molecular flexibility index (Phi) is 5.20. The van der Waals surface area contributed by atoms with Gasteiger partial charge in [0.15, 0.2) is 0 Å². The largest absolute Gasteiger partial charge is 0.480 e. The van der Waals surface area contributed by atoms with Crippen molar-refractivity contribution >= 4 is 11.7 Å². The molecule has 0 saturated carbocycles. The van der Waals surface area contributed by atoms with E-state index in [0.29, 0.717) is 6.42 Å². The molecule has 0 amide bonds. The van der Waals surface area contributed by atoms with Gasteiger partial charge < -0.3 is 10.4 Å². The standard InChI is InChI=1S/C15H23NO2/c1-4-6-12-7-9-13(10-8-12)16-15(3,11-5-2)14(17)18/h7-10,16H,4-6,11H2,1-3H3,(H,17,18). The number of aryl methyl sites for hydroxylation is 1. The van der Waals surface area contributed by atoms with Gasteiger partial charge in [-0.2, -0.15) is 0 Å². The number of carboxylic acids is 1. The minimum Gasteiger partial charge on any atom is -0.480 e. The van der Waals surface area contributed by atoms with Crippen molar-refractivity contribution in [2.45, 2.75) is 52.0 Å². The zero-order valence-electron chi connectivity index (χ0n) is 11.5. The molecule has 3 nitrogen and oxygen atoms in total. The fraction of sp³-hybridized carbons (Fsp3) is 0.533. The zero-order valence-corrected chi connectivity index (χ0v) is 11.5. The summed E-state index contributed by atoms with van der Waals surface area (Å²) in [6, 6.07) is 8.03. The lowest BCUT2D eigenvalue weighted by atomic mass is 9.95. The summed E-state index contributed by atoms with van der Waals surface area (Å²) in [6.45, 7) is 5.88. The second-order valence-electron chi connectivity index (χ2n) is 4.96. The lowest BCUT2D eigenvalue weighted by molar-refractivity contribution is -0.141. The molecule has 1 aromatic rings. The van der Waals surface area contributed by atoms with Crippen molar-refractivity contribution in [3.05, 3.63) is 29.8 Å². The van der Waals surface area contributed by atoms with Gasteiger partial charge >= 0.3 is 5.97 Å². The van der Waals surface area contributed by atoms with Crippen molar-refractivity contribution in [3.63, 3.8) is 0 Å². The van der Waals surface area contributed by atoms with Crippen molar-refractivity contribution in [1.82, 2.24) is 0 Å². The topological polar surface area (TPSA) is 49.3 Å². The first-order valence-corrected chi connectivity index (χ1v) is 6.62. The van der Waals surface area contributed by atoms with Crippen LogP contribution in [-0.2, 0) is 11.2 Å². The smallest absolute Gasteiger partial charge is 0.329 e. The number of carboxylic acid groups (broad SMARTS) is 1. The van der Waals surface area contributed by atoms with Crippen LogP contribution in [0.3, 0.4) is 0 Å². The Bertz CT molecular complexity index is 386. The monoisotopic (exact) mass is 249 g/mol. The van der Waals surface area contributed by atoms with E-state index in [1.54, 1.807) is 6.92 Å². The minimum atomic E-state index is -0.888. The number of rotatable bonds is 7. The molecule has 2 N–H and O–H groups in total. The van der Waals surface area contributed by atoms with E-state index in [1.807, 2.05) is 19.1 Å². The fourth-order valence-electron chi connectivity index (χ4n) is 2.08. The molecule has 1 rings (SSSR count). The third kappa shape index (κ3) is 3.76. The van der Waals surface area contributed by atoms with Gasteiger partial charge in [-0.3, -0.25) is 0 Å². The molecule has 0 aromatic heterocycles. The summed E-state index contributed by atoms with van der Waals surface area (Å²) < 4.78 is 0. The number of benzene rings is 1. The Labute approximate surface area is 109 Å². The molecular weight excluding hydrogens is 226 g/mol. The van der Waals surface area contributed by atoms with E-state index in [9.17, 15) is 9.90 Å². The first kappa shape index (κ1) is 14.6. The van der Waals surface area contributed by atoms with Crippen LogP contribution in [0, 0.1) is 0 Å². The summed E-state index contributed by atoms with van der Waals surface area (Å²) in [6.07, 6.45) is 3.63. The SMILES string of the molecule is CCCc1ccc(NC(C)(CCC)C(=O)O)cc1. The molecule has 1 unspecified atom stereocenters. The molecule has 18 heavy (non-hydrogen) atoms. The van der Waals surface area contributed by atoms with Crippen molar-refractivity contribution in [2.75, 3.05) is 5.32 Å². The molecule has 0 bridgehead atoms. The van der Waals surface area contributed by atoms with Crippen molar-refractivity contribution in [2.24, 2.45) is 0 Å². The van der Waals surface area contributed by atoms with Gasteiger partial charge in [0.05, 0.1) is 0 Å². The highest BCUT2D eigenvalue weighted by molar-refractivity contribution is 5.82. The summed E-state index contributed by atoms with van der Waals surface area (Å²) in [5.74, 6) is -0.804. The number of carbonyl (C=O) groups is 1. The van der Waals surface area contributed by atoms with Crippen LogP contribution in [-0.4, -0.2) is 16.6 Å². The van der Waals surface area contributed by atoms with E-state index < -0.39 is 11.5 Å². The number of anilines is 1. The zero-order chi connectivity index (χ0) is 13.6. The molecule has 1 atom stereocenters. The van der Waals surface area contributed by atoms with Crippen LogP contribution < -0.4 is 5.32 Å². The van der Waals surface area contributed by atoms with Crippen LogP contribution in [0.2, 0.25) is 0 Å². The molecule has 0 radical (unpaired) electrons. The van der Waals surface area contributed by atoms with Gasteiger partial charge in [0.25, 0.3) is 0 Å². The van der Waals surface area contributed by atoms with Gasteiger partial charge in [0, 0.05) is 5.69 Å². The number of hydrogen-bond donors (Lipinski definition) is 2. The normalized spacial score (nSPS) is 13.9.